The summed E-state index contributed by atoms with van der Waals surface area (Å²) in [5.74, 6) is 0.325. The summed E-state index contributed by atoms with van der Waals surface area (Å²) in [6, 6.07) is 17.4. The molecule has 0 unspecified atom stereocenters. The van der Waals surface area contributed by atoms with Crippen molar-refractivity contribution >= 4 is 33.5 Å². The molecule has 154 valence electrons. The van der Waals surface area contributed by atoms with Crippen LogP contribution >= 0.6 is 15.9 Å². The summed E-state index contributed by atoms with van der Waals surface area (Å²) < 4.78 is 47.9. The van der Waals surface area contributed by atoms with Crippen molar-refractivity contribution in [3.63, 3.8) is 0 Å². The molecule has 4 nitrogen and oxygen atoms in total. The van der Waals surface area contributed by atoms with Crippen molar-refractivity contribution in [3.8, 4) is 22.6 Å². The first kappa shape index (κ1) is 20.3. The van der Waals surface area contributed by atoms with Gasteiger partial charge in [-0.05, 0) is 45.3 Å². The molecule has 0 aliphatic carbocycles. The number of anilines is 1. The van der Waals surface area contributed by atoms with Crippen LogP contribution < -0.4 is 14.8 Å². The number of rotatable bonds is 5. The number of nitrogens with one attached hydrogen (secondary N) is 1. The maximum atomic E-state index is 12.4. The van der Waals surface area contributed by atoms with Gasteiger partial charge in [-0.1, -0.05) is 42.5 Å². The maximum Gasteiger partial charge on any atom is 0.573 e. The largest absolute Gasteiger partial charge is 0.573 e. The molecule has 0 fully saturated rings. The molecule has 0 saturated carbocycles. The molecule has 0 aromatic heterocycles. The standard InChI is InChI=1S/C22H16BrF3N2O2/c23-18-12-17(15-6-8-16(9-7-15)30-22(24,25)26)19-20(28-11-10-27-19)21(18)29-13-14-4-2-1-3-5-14/h1-9,11-12,27H,10,13H2. The molecule has 0 atom stereocenters. The topological polar surface area (TPSA) is 42.9 Å². The first-order chi connectivity index (χ1) is 14.4. The van der Waals surface area contributed by atoms with Crippen molar-refractivity contribution in [2.45, 2.75) is 13.0 Å². The lowest BCUT2D eigenvalue weighted by Crippen LogP contribution is -2.16. The Morgan fingerprint density at radius 1 is 1.03 bits per heavy atom. The van der Waals surface area contributed by atoms with E-state index in [2.05, 4.69) is 31.0 Å². The minimum Gasteiger partial charge on any atom is -0.485 e. The van der Waals surface area contributed by atoms with Gasteiger partial charge >= 0.3 is 6.36 Å². The van der Waals surface area contributed by atoms with E-state index in [1.54, 1.807) is 18.3 Å². The fourth-order valence-electron chi connectivity index (χ4n) is 3.14. The van der Waals surface area contributed by atoms with Crippen molar-refractivity contribution < 1.29 is 22.6 Å². The Kier molecular flexibility index (Phi) is 5.67. The number of halogens is 4. The number of benzene rings is 3. The van der Waals surface area contributed by atoms with Gasteiger partial charge in [0.2, 0.25) is 0 Å². The van der Waals surface area contributed by atoms with Crippen LogP contribution in [0.15, 0.2) is 70.1 Å². The van der Waals surface area contributed by atoms with E-state index in [-0.39, 0.29) is 5.75 Å². The van der Waals surface area contributed by atoms with Crippen molar-refractivity contribution in [1.29, 1.82) is 0 Å². The predicted octanol–water partition coefficient (Wildman–Crippen LogP) is 6.72. The molecule has 0 radical (unpaired) electrons. The lowest BCUT2D eigenvalue weighted by Gasteiger charge is -2.22. The number of fused-ring (bicyclic) bond motifs is 1. The summed E-state index contributed by atoms with van der Waals surface area (Å²) in [7, 11) is 0. The zero-order chi connectivity index (χ0) is 21.1. The molecule has 3 aromatic rings. The average molecular weight is 477 g/mol. The van der Waals surface area contributed by atoms with Gasteiger partial charge in [0.1, 0.15) is 18.0 Å². The van der Waals surface area contributed by atoms with Gasteiger partial charge in [-0.3, -0.25) is 4.99 Å². The number of alkyl halides is 3. The van der Waals surface area contributed by atoms with Gasteiger partial charge in [0.05, 0.1) is 16.7 Å². The molecule has 4 rings (SSSR count). The Labute approximate surface area is 179 Å². The quantitative estimate of drug-likeness (QED) is 0.444. The van der Waals surface area contributed by atoms with E-state index >= 15 is 0 Å². The Balaban J connectivity index is 1.67. The normalized spacial score (nSPS) is 12.8. The predicted molar refractivity (Wildman–Crippen MR) is 114 cm³/mol. The van der Waals surface area contributed by atoms with E-state index in [4.69, 9.17) is 4.74 Å². The van der Waals surface area contributed by atoms with Gasteiger partial charge < -0.3 is 14.8 Å². The average Bonchev–Trinajstić information content (AvgIpc) is 2.73. The Bertz CT molecular complexity index is 1070. The fraction of sp³-hybridized carbons (Fsp3) is 0.136. The molecular weight excluding hydrogens is 461 g/mol. The van der Waals surface area contributed by atoms with E-state index in [0.717, 1.165) is 22.4 Å². The van der Waals surface area contributed by atoms with E-state index < -0.39 is 6.36 Å². The monoisotopic (exact) mass is 476 g/mol. The smallest absolute Gasteiger partial charge is 0.485 e. The molecule has 3 aromatic carbocycles. The summed E-state index contributed by atoms with van der Waals surface area (Å²) in [6.45, 7) is 0.916. The van der Waals surface area contributed by atoms with E-state index in [9.17, 15) is 13.2 Å². The third kappa shape index (κ3) is 4.59. The fourth-order valence-corrected chi connectivity index (χ4v) is 3.67. The summed E-state index contributed by atoms with van der Waals surface area (Å²) in [6.07, 6.45) is -2.98. The second-order valence-electron chi connectivity index (χ2n) is 6.50. The molecular formula is C22H16BrF3N2O2. The highest BCUT2D eigenvalue weighted by Gasteiger charge is 2.31. The second kappa shape index (κ2) is 8.39. The maximum absolute atomic E-state index is 12.4. The van der Waals surface area contributed by atoms with Crippen molar-refractivity contribution in [1.82, 2.24) is 0 Å². The molecule has 0 spiro atoms. The molecule has 0 saturated heterocycles. The van der Waals surface area contributed by atoms with Crippen LogP contribution in [0.3, 0.4) is 0 Å². The minimum absolute atomic E-state index is 0.270. The van der Waals surface area contributed by atoms with Gasteiger partial charge in [0.15, 0.2) is 5.75 Å². The van der Waals surface area contributed by atoms with Crippen LogP contribution in [0.1, 0.15) is 5.56 Å². The van der Waals surface area contributed by atoms with Crippen LogP contribution in [0.4, 0.5) is 24.5 Å². The number of ether oxygens (including phenoxy) is 2. The zero-order valence-electron chi connectivity index (χ0n) is 15.5. The first-order valence-electron chi connectivity index (χ1n) is 9.06. The third-order valence-corrected chi connectivity index (χ3v) is 5.01. The van der Waals surface area contributed by atoms with E-state index in [0.29, 0.717) is 29.1 Å². The van der Waals surface area contributed by atoms with Crippen molar-refractivity contribution in [2.24, 2.45) is 4.99 Å². The van der Waals surface area contributed by atoms with Crippen LogP contribution in [-0.4, -0.2) is 19.1 Å². The van der Waals surface area contributed by atoms with Gasteiger partial charge in [-0.15, -0.1) is 13.2 Å². The van der Waals surface area contributed by atoms with Crippen molar-refractivity contribution in [3.05, 3.63) is 70.7 Å². The molecule has 0 bridgehead atoms. The highest BCUT2D eigenvalue weighted by molar-refractivity contribution is 9.10. The van der Waals surface area contributed by atoms with Crippen LogP contribution in [0.5, 0.6) is 11.5 Å². The van der Waals surface area contributed by atoms with Crippen LogP contribution in [0, 0.1) is 0 Å². The molecule has 1 aliphatic rings. The summed E-state index contributed by atoms with van der Waals surface area (Å²) in [5, 5.41) is 3.29. The van der Waals surface area contributed by atoms with Gasteiger partial charge in [-0.25, -0.2) is 0 Å². The molecule has 8 heteroatoms. The number of aliphatic imine (C=N–C) groups is 1. The van der Waals surface area contributed by atoms with Gasteiger partial charge in [-0.2, -0.15) is 0 Å². The molecule has 1 heterocycles. The molecule has 0 amide bonds. The second-order valence-corrected chi connectivity index (χ2v) is 7.35. The van der Waals surface area contributed by atoms with Crippen LogP contribution in [-0.2, 0) is 6.61 Å². The van der Waals surface area contributed by atoms with E-state index in [1.807, 2.05) is 36.4 Å². The number of nitrogens with zero attached hydrogens (tertiary/aromatic N) is 1. The van der Waals surface area contributed by atoms with Crippen LogP contribution in [0.2, 0.25) is 0 Å². The number of hydrogen-bond acceptors (Lipinski definition) is 4. The SMILES string of the molecule is FC(F)(F)Oc1ccc(-c2cc(Br)c(OCc3ccccc3)c3c2NCC=N3)cc1. The molecule has 30 heavy (non-hydrogen) atoms. The lowest BCUT2D eigenvalue weighted by atomic mass is 10.0. The summed E-state index contributed by atoms with van der Waals surface area (Å²) >= 11 is 3.55. The first-order valence-corrected chi connectivity index (χ1v) is 9.86. The minimum atomic E-state index is -4.72. The molecule has 1 aliphatic heterocycles. The van der Waals surface area contributed by atoms with Gasteiger partial charge in [0, 0.05) is 11.8 Å². The highest BCUT2D eigenvalue weighted by Crippen LogP contribution is 2.48. The Morgan fingerprint density at radius 3 is 2.47 bits per heavy atom. The highest BCUT2D eigenvalue weighted by atomic mass is 79.9. The Morgan fingerprint density at radius 2 is 1.77 bits per heavy atom. The zero-order valence-corrected chi connectivity index (χ0v) is 17.1. The number of hydrogen-bond donors (Lipinski definition) is 1. The van der Waals surface area contributed by atoms with Crippen LogP contribution in [0.25, 0.3) is 11.1 Å². The summed E-state index contributed by atoms with van der Waals surface area (Å²) in [4.78, 5) is 4.50. The third-order valence-electron chi connectivity index (χ3n) is 4.42. The van der Waals surface area contributed by atoms with Gasteiger partial charge in [0.25, 0.3) is 0 Å². The Hall–Kier alpha value is -3.00. The van der Waals surface area contributed by atoms with E-state index in [1.165, 1.54) is 12.1 Å². The molecule has 1 N–H and O–H groups in total. The lowest BCUT2D eigenvalue weighted by molar-refractivity contribution is -0.274. The van der Waals surface area contributed by atoms with Crippen molar-refractivity contribution in [2.75, 3.05) is 11.9 Å². The summed E-state index contributed by atoms with van der Waals surface area (Å²) in [5.41, 5.74) is 3.93.